The van der Waals surface area contributed by atoms with Gasteiger partial charge < -0.3 is 5.32 Å². The van der Waals surface area contributed by atoms with Crippen LogP contribution < -0.4 is 5.32 Å². The van der Waals surface area contributed by atoms with Gasteiger partial charge in [-0.05, 0) is 69.5 Å². The van der Waals surface area contributed by atoms with Gasteiger partial charge in [0.2, 0.25) is 5.91 Å². The van der Waals surface area contributed by atoms with Crippen molar-refractivity contribution < 1.29 is 4.79 Å². The summed E-state index contributed by atoms with van der Waals surface area (Å²) >= 11 is 1.75. The Hall–Kier alpha value is -2.24. The van der Waals surface area contributed by atoms with Crippen molar-refractivity contribution in [2.75, 3.05) is 11.9 Å². The molecule has 1 saturated heterocycles. The number of hydrogen-bond donors (Lipinski definition) is 1. The second-order valence-electron chi connectivity index (χ2n) is 7.40. The van der Waals surface area contributed by atoms with Gasteiger partial charge in [0.25, 0.3) is 0 Å². The standard InChI is InChI=1S/C22H25N3OS/c1-14-10-11-15(2)18(13-14)23-21(26)16(3)25-12-6-8-19(25)22-24-17-7-4-5-9-20(17)27-22/h4-5,7,9-11,13,16,19H,6,8,12H2,1-3H3,(H,23,26). The molecule has 2 atom stereocenters. The van der Waals surface area contributed by atoms with Crippen molar-refractivity contribution in [3.63, 3.8) is 0 Å². The van der Waals surface area contributed by atoms with Crippen molar-refractivity contribution in [1.29, 1.82) is 0 Å². The van der Waals surface area contributed by atoms with Gasteiger partial charge in [0.1, 0.15) is 5.01 Å². The number of amides is 1. The van der Waals surface area contributed by atoms with E-state index in [4.69, 9.17) is 4.98 Å². The molecule has 2 aromatic carbocycles. The number of thiazole rings is 1. The normalized spacial score (nSPS) is 18.7. The minimum Gasteiger partial charge on any atom is -0.324 e. The molecule has 1 aliphatic heterocycles. The Morgan fingerprint density at radius 2 is 2.07 bits per heavy atom. The molecule has 0 radical (unpaired) electrons. The van der Waals surface area contributed by atoms with Gasteiger partial charge in [-0.3, -0.25) is 9.69 Å². The molecule has 2 heterocycles. The van der Waals surface area contributed by atoms with Crippen molar-refractivity contribution >= 4 is 33.1 Å². The highest BCUT2D eigenvalue weighted by Crippen LogP contribution is 2.37. The summed E-state index contributed by atoms with van der Waals surface area (Å²) in [4.78, 5) is 20.1. The Morgan fingerprint density at radius 3 is 2.89 bits per heavy atom. The van der Waals surface area contributed by atoms with Crippen molar-refractivity contribution in [1.82, 2.24) is 9.88 Å². The summed E-state index contributed by atoms with van der Waals surface area (Å²) in [5.74, 6) is 0.0525. The quantitative estimate of drug-likeness (QED) is 0.688. The molecule has 3 aromatic rings. The number of rotatable bonds is 4. The summed E-state index contributed by atoms with van der Waals surface area (Å²) in [6.45, 7) is 7.01. The zero-order valence-electron chi connectivity index (χ0n) is 16.0. The maximum atomic E-state index is 12.9. The van der Waals surface area contributed by atoms with Gasteiger partial charge in [0, 0.05) is 5.69 Å². The van der Waals surface area contributed by atoms with Gasteiger partial charge in [-0.2, -0.15) is 0 Å². The number of aryl methyl sites for hydroxylation is 2. The lowest BCUT2D eigenvalue weighted by molar-refractivity contribution is -0.121. The highest BCUT2D eigenvalue weighted by Gasteiger charge is 2.34. The van der Waals surface area contributed by atoms with Gasteiger partial charge >= 0.3 is 0 Å². The predicted molar refractivity (Wildman–Crippen MR) is 112 cm³/mol. The summed E-state index contributed by atoms with van der Waals surface area (Å²) < 4.78 is 1.21. The number of aromatic nitrogens is 1. The first-order chi connectivity index (χ1) is 13.0. The zero-order valence-corrected chi connectivity index (χ0v) is 16.8. The monoisotopic (exact) mass is 379 g/mol. The summed E-state index contributed by atoms with van der Waals surface area (Å²) in [5.41, 5.74) is 4.20. The lowest BCUT2D eigenvalue weighted by Crippen LogP contribution is -2.41. The molecule has 0 spiro atoms. The fourth-order valence-electron chi connectivity index (χ4n) is 3.81. The molecular formula is C22H25N3OS. The zero-order chi connectivity index (χ0) is 19.0. The van der Waals surface area contributed by atoms with Crippen LogP contribution in [0.2, 0.25) is 0 Å². The van der Waals surface area contributed by atoms with Crippen LogP contribution in [0.3, 0.4) is 0 Å². The Morgan fingerprint density at radius 1 is 1.26 bits per heavy atom. The summed E-state index contributed by atoms with van der Waals surface area (Å²) in [6.07, 6.45) is 2.16. The number of nitrogens with one attached hydrogen (secondary N) is 1. The third kappa shape index (κ3) is 3.62. The fourth-order valence-corrected chi connectivity index (χ4v) is 4.93. The second kappa shape index (κ2) is 7.41. The number of carbonyl (C=O) groups is 1. The molecule has 140 valence electrons. The van der Waals surface area contributed by atoms with Crippen molar-refractivity contribution in [3.8, 4) is 0 Å². The van der Waals surface area contributed by atoms with E-state index in [-0.39, 0.29) is 18.0 Å². The number of benzene rings is 2. The second-order valence-corrected chi connectivity index (χ2v) is 8.46. The summed E-state index contributed by atoms with van der Waals surface area (Å²) in [5, 5.41) is 4.25. The number of para-hydroxylation sites is 1. The molecule has 2 unspecified atom stereocenters. The molecule has 27 heavy (non-hydrogen) atoms. The average Bonchev–Trinajstić information content (AvgIpc) is 3.30. The van der Waals surface area contributed by atoms with Crippen molar-refractivity contribution in [3.05, 3.63) is 58.6 Å². The summed E-state index contributed by atoms with van der Waals surface area (Å²) in [7, 11) is 0. The third-order valence-electron chi connectivity index (χ3n) is 5.42. The summed E-state index contributed by atoms with van der Waals surface area (Å²) in [6, 6.07) is 14.4. The molecule has 4 rings (SSSR count). The van der Waals surface area contributed by atoms with E-state index in [9.17, 15) is 4.79 Å². The van der Waals surface area contributed by atoms with E-state index in [1.54, 1.807) is 11.3 Å². The molecule has 1 N–H and O–H groups in total. The Kier molecular flexibility index (Phi) is 4.98. The highest BCUT2D eigenvalue weighted by atomic mass is 32.1. The van der Waals surface area contributed by atoms with E-state index >= 15 is 0 Å². The van der Waals surface area contributed by atoms with E-state index in [1.165, 1.54) is 4.70 Å². The van der Waals surface area contributed by atoms with Gasteiger partial charge in [-0.15, -0.1) is 11.3 Å². The number of carbonyl (C=O) groups excluding carboxylic acids is 1. The van der Waals surface area contributed by atoms with E-state index < -0.39 is 0 Å². The Balaban J connectivity index is 1.54. The van der Waals surface area contributed by atoms with Crippen LogP contribution in [-0.2, 0) is 4.79 Å². The highest BCUT2D eigenvalue weighted by molar-refractivity contribution is 7.18. The van der Waals surface area contributed by atoms with Crippen LogP contribution in [0.5, 0.6) is 0 Å². The molecule has 0 aliphatic carbocycles. The minimum atomic E-state index is -0.190. The number of anilines is 1. The van der Waals surface area contributed by atoms with Crippen LogP contribution in [0.4, 0.5) is 5.69 Å². The SMILES string of the molecule is Cc1ccc(C)c(NC(=O)C(C)N2CCCC2c2nc3ccccc3s2)c1. The molecule has 4 nitrogen and oxygen atoms in total. The van der Waals surface area contributed by atoms with E-state index in [0.29, 0.717) is 0 Å². The Labute approximate surface area is 164 Å². The average molecular weight is 380 g/mol. The minimum absolute atomic E-state index is 0.0525. The van der Waals surface area contributed by atoms with Crippen LogP contribution in [0.1, 0.15) is 41.9 Å². The maximum Gasteiger partial charge on any atom is 0.241 e. The first-order valence-electron chi connectivity index (χ1n) is 9.52. The number of nitrogens with zero attached hydrogens (tertiary/aromatic N) is 2. The van der Waals surface area contributed by atoms with Crippen LogP contribution in [0.25, 0.3) is 10.2 Å². The molecule has 1 amide bonds. The molecule has 1 fully saturated rings. The maximum absolute atomic E-state index is 12.9. The van der Waals surface area contributed by atoms with Crippen LogP contribution >= 0.6 is 11.3 Å². The van der Waals surface area contributed by atoms with Gasteiger partial charge in [0.15, 0.2) is 0 Å². The number of fused-ring (bicyclic) bond motifs is 1. The van der Waals surface area contributed by atoms with Crippen LogP contribution in [0, 0.1) is 13.8 Å². The molecule has 1 aliphatic rings. The van der Waals surface area contributed by atoms with E-state index in [0.717, 1.165) is 46.7 Å². The fraction of sp³-hybridized carbons (Fsp3) is 0.364. The van der Waals surface area contributed by atoms with Gasteiger partial charge in [-0.1, -0.05) is 24.3 Å². The van der Waals surface area contributed by atoms with Gasteiger partial charge in [0.05, 0.1) is 22.3 Å². The largest absolute Gasteiger partial charge is 0.324 e. The van der Waals surface area contributed by atoms with Crippen molar-refractivity contribution in [2.24, 2.45) is 0 Å². The van der Waals surface area contributed by atoms with E-state index in [2.05, 4.69) is 40.5 Å². The lowest BCUT2D eigenvalue weighted by Gasteiger charge is -2.28. The third-order valence-corrected chi connectivity index (χ3v) is 6.56. The molecule has 0 saturated carbocycles. The number of hydrogen-bond acceptors (Lipinski definition) is 4. The topological polar surface area (TPSA) is 45.2 Å². The smallest absolute Gasteiger partial charge is 0.241 e. The molecule has 0 bridgehead atoms. The first-order valence-corrected chi connectivity index (χ1v) is 10.3. The number of likely N-dealkylation sites (tertiary alicyclic amines) is 1. The van der Waals surface area contributed by atoms with Crippen LogP contribution in [-0.4, -0.2) is 28.4 Å². The first kappa shape index (κ1) is 18.1. The molecule has 5 heteroatoms. The molecule has 1 aromatic heterocycles. The predicted octanol–water partition coefficient (Wildman–Crippen LogP) is 5.08. The van der Waals surface area contributed by atoms with Crippen LogP contribution in [0.15, 0.2) is 42.5 Å². The Bertz CT molecular complexity index is 948. The van der Waals surface area contributed by atoms with Crippen molar-refractivity contribution in [2.45, 2.75) is 45.7 Å². The van der Waals surface area contributed by atoms with Gasteiger partial charge in [-0.25, -0.2) is 4.98 Å². The van der Waals surface area contributed by atoms with E-state index in [1.807, 2.05) is 32.9 Å². The molecular weight excluding hydrogens is 354 g/mol. The lowest BCUT2D eigenvalue weighted by atomic mass is 10.1.